The number of halogens is 1. The minimum atomic E-state index is 0.0324. The minimum absolute atomic E-state index is 0.0324. The molecule has 2 heterocycles. The van der Waals surface area contributed by atoms with Crippen LogP contribution in [0.2, 0.25) is 5.15 Å². The van der Waals surface area contributed by atoms with Crippen molar-refractivity contribution in [2.24, 2.45) is 11.3 Å². The van der Waals surface area contributed by atoms with Gasteiger partial charge in [0.05, 0.1) is 11.6 Å². The van der Waals surface area contributed by atoms with Gasteiger partial charge in [-0.05, 0) is 81.7 Å². The first kappa shape index (κ1) is 26.4. The van der Waals surface area contributed by atoms with E-state index < -0.39 is 0 Å². The number of benzene rings is 4. The molecule has 1 aromatic heterocycles. The van der Waals surface area contributed by atoms with Gasteiger partial charge in [0.2, 0.25) is 0 Å². The SMILES string of the molecule is N#Cc1ccc(C23CC4(C2)[C@H](CN(Cc2ccc(-c5ccccc5)cc2)[C@@H]4c2ccccc2)C3c2ccc(Cl)nc2)cc1. The van der Waals surface area contributed by atoms with E-state index in [9.17, 15) is 5.26 Å². The first-order chi connectivity index (χ1) is 21.1. The smallest absolute Gasteiger partial charge is 0.129 e. The van der Waals surface area contributed by atoms with Gasteiger partial charge < -0.3 is 0 Å². The predicted octanol–water partition coefficient (Wildman–Crippen LogP) is 8.96. The molecule has 3 saturated carbocycles. The summed E-state index contributed by atoms with van der Waals surface area (Å²) in [7, 11) is 0. The van der Waals surface area contributed by atoms with E-state index in [0.717, 1.165) is 25.9 Å². The van der Waals surface area contributed by atoms with Crippen molar-refractivity contribution in [2.75, 3.05) is 6.54 Å². The molecule has 4 fully saturated rings. The number of nitriles is 1. The standard InChI is InChI=1S/C39H32ClN3/c40-35-20-17-32(22-42-35)36-34-24-43(23-28-11-15-30(16-12-28)29-7-3-1-4-8-29)37(31-9-5-2-6-10-31)39(34)25-38(36,26-39)33-18-13-27(21-41)14-19-33/h1-20,22,34,36-37H,23-26H2/t34-,36?,37-,38?,39?/m1/s1. The topological polar surface area (TPSA) is 39.9 Å². The summed E-state index contributed by atoms with van der Waals surface area (Å²) in [5.74, 6) is 0.821. The monoisotopic (exact) mass is 577 g/mol. The van der Waals surface area contributed by atoms with E-state index in [2.05, 4.69) is 119 Å². The Balaban J connectivity index is 1.18. The fourth-order valence-electron chi connectivity index (χ4n) is 9.11. The summed E-state index contributed by atoms with van der Waals surface area (Å²) in [4.78, 5) is 7.29. The van der Waals surface area contributed by atoms with Crippen LogP contribution in [-0.4, -0.2) is 16.4 Å². The summed E-state index contributed by atoms with van der Waals surface area (Å²) >= 11 is 6.28. The molecule has 5 aromatic rings. The largest absolute Gasteiger partial charge is 0.291 e. The van der Waals surface area contributed by atoms with Gasteiger partial charge in [-0.15, -0.1) is 0 Å². The Morgan fingerprint density at radius 1 is 0.767 bits per heavy atom. The summed E-state index contributed by atoms with van der Waals surface area (Å²) in [5.41, 5.74) is 8.80. The first-order valence-corrected chi connectivity index (χ1v) is 15.5. The highest BCUT2D eigenvalue weighted by atomic mass is 35.5. The van der Waals surface area contributed by atoms with Crippen LogP contribution in [0.5, 0.6) is 0 Å². The maximum Gasteiger partial charge on any atom is 0.129 e. The molecule has 4 aromatic carbocycles. The van der Waals surface area contributed by atoms with Crippen molar-refractivity contribution in [3.05, 3.63) is 160 Å². The Bertz CT molecular complexity index is 1790. The Morgan fingerprint density at radius 3 is 2.09 bits per heavy atom. The lowest BCUT2D eigenvalue weighted by Gasteiger charge is -2.53. The van der Waals surface area contributed by atoms with Crippen LogP contribution in [0.4, 0.5) is 0 Å². The molecule has 1 saturated heterocycles. The van der Waals surface area contributed by atoms with Crippen molar-refractivity contribution in [3.8, 4) is 17.2 Å². The van der Waals surface area contributed by atoms with Gasteiger partial charge in [-0.2, -0.15) is 5.26 Å². The van der Waals surface area contributed by atoms with Crippen LogP contribution in [0, 0.1) is 22.7 Å². The lowest BCUT2D eigenvalue weighted by atomic mass is 9.52. The average Bonchev–Trinajstić information content (AvgIpc) is 3.61. The first-order valence-electron chi connectivity index (χ1n) is 15.2. The molecule has 3 atom stereocenters. The van der Waals surface area contributed by atoms with E-state index in [1.54, 1.807) is 0 Å². The molecular weight excluding hydrogens is 546 g/mol. The molecule has 0 N–H and O–H groups in total. The Morgan fingerprint density at radius 2 is 1.44 bits per heavy atom. The zero-order valence-electron chi connectivity index (χ0n) is 23.9. The van der Waals surface area contributed by atoms with Crippen molar-refractivity contribution in [3.63, 3.8) is 0 Å². The van der Waals surface area contributed by atoms with Gasteiger partial charge in [0, 0.05) is 30.7 Å². The summed E-state index contributed by atoms with van der Waals surface area (Å²) in [6.45, 7) is 1.95. The lowest BCUT2D eigenvalue weighted by molar-refractivity contribution is 0.0296. The third kappa shape index (κ3) is 4.16. The Kier molecular flexibility index (Phi) is 6.26. The van der Waals surface area contributed by atoms with Crippen LogP contribution >= 0.6 is 11.6 Å². The zero-order valence-corrected chi connectivity index (χ0v) is 24.7. The molecule has 4 aliphatic rings. The number of pyridine rings is 1. The van der Waals surface area contributed by atoms with E-state index in [4.69, 9.17) is 11.6 Å². The molecule has 0 amide bonds. The van der Waals surface area contributed by atoms with Crippen molar-refractivity contribution >= 4 is 11.6 Å². The van der Waals surface area contributed by atoms with E-state index in [-0.39, 0.29) is 10.8 Å². The Hall–Kier alpha value is -4.23. The molecule has 210 valence electrons. The fraction of sp³-hybridized carbons (Fsp3) is 0.231. The number of nitrogens with zero attached hydrogens (tertiary/aromatic N) is 3. The summed E-state index contributed by atoms with van der Waals surface area (Å²) in [5, 5.41) is 9.99. The number of hydrogen-bond acceptors (Lipinski definition) is 3. The summed E-state index contributed by atoms with van der Waals surface area (Å²) in [6, 6.07) is 46.0. The predicted molar refractivity (Wildman–Crippen MR) is 171 cm³/mol. The molecule has 3 nitrogen and oxygen atoms in total. The third-order valence-corrected chi connectivity index (χ3v) is 10.9. The molecule has 0 radical (unpaired) electrons. The molecule has 4 heteroatoms. The van der Waals surface area contributed by atoms with Gasteiger partial charge in [-0.1, -0.05) is 115 Å². The highest BCUT2D eigenvalue weighted by molar-refractivity contribution is 6.29. The quantitative estimate of drug-likeness (QED) is 0.189. The maximum absolute atomic E-state index is 9.46. The van der Waals surface area contributed by atoms with Gasteiger partial charge >= 0.3 is 0 Å². The molecule has 9 rings (SSSR count). The second kappa shape index (κ2) is 10.2. The van der Waals surface area contributed by atoms with Crippen LogP contribution in [0.3, 0.4) is 0 Å². The maximum atomic E-state index is 9.46. The van der Waals surface area contributed by atoms with E-state index in [1.807, 2.05) is 24.4 Å². The molecule has 1 spiro atoms. The summed E-state index contributed by atoms with van der Waals surface area (Å²) in [6.07, 6.45) is 4.27. The van der Waals surface area contributed by atoms with Crippen molar-refractivity contribution in [1.82, 2.24) is 9.88 Å². The van der Waals surface area contributed by atoms with Crippen LogP contribution < -0.4 is 0 Å². The molecule has 3 aliphatic carbocycles. The highest BCUT2D eigenvalue weighted by Crippen LogP contribution is 2.82. The second-order valence-electron chi connectivity index (χ2n) is 12.7. The highest BCUT2D eigenvalue weighted by Gasteiger charge is 2.77. The fourth-order valence-corrected chi connectivity index (χ4v) is 9.22. The van der Waals surface area contributed by atoms with Crippen LogP contribution in [-0.2, 0) is 12.0 Å². The number of hydrogen-bond donors (Lipinski definition) is 0. The van der Waals surface area contributed by atoms with E-state index in [1.165, 1.54) is 33.4 Å². The van der Waals surface area contributed by atoms with Crippen LogP contribution in [0.1, 0.15) is 52.6 Å². The lowest BCUT2D eigenvalue weighted by Crippen LogP contribution is -2.47. The van der Waals surface area contributed by atoms with Crippen molar-refractivity contribution in [1.29, 1.82) is 5.26 Å². The molecule has 1 aliphatic heterocycles. The second-order valence-corrected chi connectivity index (χ2v) is 13.1. The molecule has 1 unspecified atom stereocenters. The van der Waals surface area contributed by atoms with Gasteiger partial charge in [0.1, 0.15) is 5.15 Å². The van der Waals surface area contributed by atoms with E-state index >= 15 is 0 Å². The normalized spacial score (nSPS) is 27.3. The number of rotatable bonds is 6. The summed E-state index contributed by atoms with van der Waals surface area (Å²) < 4.78 is 0. The number of aromatic nitrogens is 1. The minimum Gasteiger partial charge on any atom is -0.291 e. The van der Waals surface area contributed by atoms with Crippen molar-refractivity contribution < 1.29 is 0 Å². The van der Waals surface area contributed by atoms with Gasteiger partial charge in [-0.25, -0.2) is 4.98 Å². The van der Waals surface area contributed by atoms with Gasteiger partial charge in [0.15, 0.2) is 0 Å². The Labute approximate surface area is 258 Å². The van der Waals surface area contributed by atoms with Crippen molar-refractivity contribution in [2.45, 2.75) is 36.8 Å². The van der Waals surface area contributed by atoms with Crippen LogP contribution in [0.15, 0.2) is 128 Å². The average molecular weight is 578 g/mol. The van der Waals surface area contributed by atoms with E-state index in [0.29, 0.717) is 28.6 Å². The number of likely N-dealkylation sites (tertiary alicyclic amines) is 1. The molecular formula is C39H32ClN3. The zero-order chi connectivity index (χ0) is 29.0. The molecule has 2 bridgehead atoms. The molecule has 43 heavy (non-hydrogen) atoms. The van der Waals surface area contributed by atoms with Gasteiger partial charge in [-0.3, -0.25) is 4.90 Å². The van der Waals surface area contributed by atoms with Crippen LogP contribution in [0.25, 0.3) is 11.1 Å². The third-order valence-electron chi connectivity index (χ3n) is 10.6. The van der Waals surface area contributed by atoms with Gasteiger partial charge in [0.25, 0.3) is 0 Å².